The van der Waals surface area contributed by atoms with Crippen LogP contribution in [0.25, 0.3) is 0 Å². The highest BCUT2D eigenvalue weighted by atomic mass is 79.9. The van der Waals surface area contributed by atoms with Crippen LogP contribution in [0, 0.1) is 15.9 Å². The molecule has 0 N–H and O–H groups in total. The Morgan fingerprint density at radius 3 is 2.71 bits per heavy atom. The minimum Gasteiger partial charge on any atom is -0.496 e. The van der Waals surface area contributed by atoms with Crippen molar-refractivity contribution in [3.8, 4) is 11.5 Å². The number of rotatable bonds is 5. The zero-order chi connectivity index (χ0) is 15.4. The van der Waals surface area contributed by atoms with Crippen LogP contribution in [0.1, 0.15) is 5.56 Å². The molecular formula is C14H11BrFNO4. The predicted octanol–water partition coefficient (Wildman–Crippen LogP) is 4.08. The fourth-order valence-electron chi connectivity index (χ4n) is 1.74. The van der Waals surface area contributed by atoms with Crippen molar-refractivity contribution in [1.82, 2.24) is 0 Å². The van der Waals surface area contributed by atoms with Gasteiger partial charge in [0.2, 0.25) is 5.75 Å². The summed E-state index contributed by atoms with van der Waals surface area (Å²) in [5, 5.41) is 10.9. The number of nitro groups is 1. The maximum absolute atomic E-state index is 13.7. The molecule has 0 spiro atoms. The third-order valence-electron chi connectivity index (χ3n) is 2.74. The standard InChI is InChI=1S/C14H11BrFNO4/c1-20-13-6-5-9(7-10(13)15)8-21-14-11(16)3-2-4-12(14)17(18)19/h2-7H,8H2,1H3. The van der Waals surface area contributed by atoms with Gasteiger partial charge in [-0.05, 0) is 39.7 Å². The Morgan fingerprint density at radius 2 is 2.10 bits per heavy atom. The van der Waals surface area contributed by atoms with E-state index < -0.39 is 16.4 Å². The van der Waals surface area contributed by atoms with E-state index in [2.05, 4.69) is 15.9 Å². The number of halogens is 2. The predicted molar refractivity (Wildman–Crippen MR) is 78.1 cm³/mol. The summed E-state index contributed by atoms with van der Waals surface area (Å²) in [5.41, 5.74) is 0.322. The van der Waals surface area contributed by atoms with Crippen molar-refractivity contribution in [2.24, 2.45) is 0 Å². The van der Waals surface area contributed by atoms with Crippen LogP contribution in [0.5, 0.6) is 11.5 Å². The van der Waals surface area contributed by atoms with Crippen LogP contribution >= 0.6 is 15.9 Å². The van der Waals surface area contributed by atoms with Crippen molar-refractivity contribution in [3.05, 3.63) is 62.4 Å². The maximum Gasteiger partial charge on any atom is 0.314 e. The minimum absolute atomic E-state index is 0.00433. The molecule has 0 radical (unpaired) electrons. The van der Waals surface area contributed by atoms with Crippen LogP contribution in [-0.2, 0) is 6.61 Å². The van der Waals surface area contributed by atoms with E-state index in [0.29, 0.717) is 10.2 Å². The molecule has 2 aromatic rings. The van der Waals surface area contributed by atoms with Crippen LogP contribution in [0.4, 0.5) is 10.1 Å². The maximum atomic E-state index is 13.7. The topological polar surface area (TPSA) is 61.6 Å². The van der Waals surface area contributed by atoms with Gasteiger partial charge in [-0.25, -0.2) is 4.39 Å². The highest BCUT2D eigenvalue weighted by molar-refractivity contribution is 9.10. The molecule has 0 fully saturated rings. The summed E-state index contributed by atoms with van der Waals surface area (Å²) in [6.45, 7) is 0.00433. The summed E-state index contributed by atoms with van der Waals surface area (Å²) >= 11 is 3.32. The molecule has 2 aromatic carbocycles. The molecule has 0 saturated carbocycles. The van der Waals surface area contributed by atoms with E-state index >= 15 is 0 Å². The summed E-state index contributed by atoms with van der Waals surface area (Å²) in [4.78, 5) is 10.2. The molecule has 5 nitrogen and oxygen atoms in total. The Balaban J connectivity index is 2.20. The number of para-hydroxylation sites is 1. The van der Waals surface area contributed by atoms with Gasteiger partial charge in [-0.1, -0.05) is 12.1 Å². The molecule has 0 amide bonds. The number of hydrogen-bond donors (Lipinski definition) is 0. The molecule has 7 heteroatoms. The van der Waals surface area contributed by atoms with Crippen molar-refractivity contribution in [1.29, 1.82) is 0 Å². The summed E-state index contributed by atoms with van der Waals surface area (Å²) in [6, 6.07) is 8.78. The van der Waals surface area contributed by atoms with E-state index in [9.17, 15) is 14.5 Å². The van der Waals surface area contributed by atoms with Gasteiger partial charge in [-0.2, -0.15) is 0 Å². The number of benzene rings is 2. The first kappa shape index (κ1) is 15.2. The number of nitro benzene ring substituents is 1. The van der Waals surface area contributed by atoms with Crippen molar-refractivity contribution in [2.45, 2.75) is 6.61 Å². The molecule has 0 aliphatic heterocycles. The highest BCUT2D eigenvalue weighted by Gasteiger charge is 2.19. The van der Waals surface area contributed by atoms with Gasteiger partial charge in [-0.3, -0.25) is 10.1 Å². The first-order chi connectivity index (χ1) is 10.0. The van der Waals surface area contributed by atoms with E-state index in [1.165, 1.54) is 12.1 Å². The van der Waals surface area contributed by atoms with Gasteiger partial charge in [0.15, 0.2) is 5.82 Å². The summed E-state index contributed by atoms with van der Waals surface area (Å²) in [5.74, 6) is -0.484. The van der Waals surface area contributed by atoms with E-state index in [1.807, 2.05) is 0 Å². The van der Waals surface area contributed by atoms with Crippen molar-refractivity contribution in [3.63, 3.8) is 0 Å². The first-order valence-corrected chi connectivity index (χ1v) is 6.70. The molecule has 0 heterocycles. The van der Waals surface area contributed by atoms with Gasteiger partial charge in [0, 0.05) is 6.07 Å². The van der Waals surface area contributed by atoms with E-state index in [1.54, 1.807) is 25.3 Å². The second-order valence-electron chi connectivity index (χ2n) is 4.10. The van der Waals surface area contributed by atoms with Crippen molar-refractivity contribution >= 4 is 21.6 Å². The Kier molecular flexibility index (Phi) is 4.74. The summed E-state index contributed by atoms with van der Waals surface area (Å²) in [7, 11) is 1.54. The normalized spacial score (nSPS) is 10.2. The fourth-order valence-corrected chi connectivity index (χ4v) is 2.33. The van der Waals surface area contributed by atoms with Crippen molar-refractivity contribution < 1.29 is 18.8 Å². The van der Waals surface area contributed by atoms with Crippen LogP contribution in [-0.4, -0.2) is 12.0 Å². The molecule has 2 rings (SSSR count). The quantitative estimate of drug-likeness (QED) is 0.598. The number of nitrogens with zero attached hydrogens (tertiary/aromatic N) is 1. The Hall–Kier alpha value is -2.15. The molecule has 0 atom stereocenters. The van der Waals surface area contributed by atoms with E-state index in [0.717, 1.165) is 11.6 Å². The molecule has 21 heavy (non-hydrogen) atoms. The lowest BCUT2D eigenvalue weighted by Gasteiger charge is -2.09. The average molecular weight is 356 g/mol. The van der Waals surface area contributed by atoms with Crippen LogP contribution in [0.3, 0.4) is 0 Å². The average Bonchev–Trinajstić information content (AvgIpc) is 2.45. The number of methoxy groups -OCH3 is 1. The number of hydrogen-bond acceptors (Lipinski definition) is 4. The van der Waals surface area contributed by atoms with Gasteiger partial charge in [0.25, 0.3) is 0 Å². The smallest absolute Gasteiger partial charge is 0.314 e. The first-order valence-electron chi connectivity index (χ1n) is 5.91. The second-order valence-corrected chi connectivity index (χ2v) is 4.96. The Bertz CT molecular complexity index is 678. The largest absolute Gasteiger partial charge is 0.496 e. The fraction of sp³-hybridized carbons (Fsp3) is 0.143. The second kappa shape index (κ2) is 6.53. The molecule has 0 aliphatic carbocycles. The lowest BCUT2D eigenvalue weighted by atomic mass is 10.2. The van der Waals surface area contributed by atoms with Crippen LogP contribution in [0.2, 0.25) is 0 Å². The summed E-state index contributed by atoms with van der Waals surface area (Å²) in [6.07, 6.45) is 0. The molecule has 110 valence electrons. The van der Waals surface area contributed by atoms with Gasteiger partial charge in [0.05, 0.1) is 16.5 Å². The zero-order valence-corrected chi connectivity index (χ0v) is 12.6. The van der Waals surface area contributed by atoms with Gasteiger partial charge < -0.3 is 9.47 Å². The van der Waals surface area contributed by atoms with Crippen LogP contribution in [0.15, 0.2) is 40.9 Å². The monoisotopic (exact) mass is 355 g/mol. The number of ether oxygens (including phenoxy) is 2. The zero-order valence-electron chi connectivity index (χ0n) is 11.0. The van der Waals surface area contributed by atoms with Gasteiger partial charge >= 0.3 is 5.69 Å². The lowest BCUT2D eigenvalue weighted by molar-refractivity contribution is -0.386. The minimum atomic E-state index is -0.767. The Morgan fingerprint density at radius 1 is 1.33 bits per heavy atom. The molecular weight excluding hydrogens is 345 g/mol. The van der Waals surface area contributed by atoms with Gasteiger partial charge in [0.1, 0.15) is 12.4 Å². The molecule has 0 aliphatic rings. The lowest BCUT2D eigenvalue weighted by Crippen LogP contribution is -2.01. The summed E-state index contributed by atoms with van der Waals surface area (Å²) < 4.78 is 24.7. The highest BCUT2D eigenvalue weighted by Crippen LogP contribution is 2.31. The van der Waals surface area contributed by atoms with E-state index in [-0.39, 0.29) is 12.4 Å². The molecule has 0 aromatic heterocycles. The molecule has 0 saturated heterocycles. The van der Waals surface area contributed by atoms with Crippen LogP contribution < -0.4 is 9.47 Å². The molecule has 0 bridgehead atoms. The van der Waals surface area contributed by atoms with E-state index in [4.69, 9.17) is 9.47 Å². The van der Waals surface area contributed by atoms with Gasteiger partial charge in [-0.15, -0.1) is 0 Å². The third kappa shape index (κ3) is 3.49. The molecule has 0 unspecified atom stereocenters. The Labute approximate surface area is 128 Å². The SMILES string of the molecule is COc1ccc(COc2c(F)cccc2[N+](=O)[O-])cc1Br. The third-order valence-corrected chi connectivity index (χ3v) is 3.36. The van der Waals surface area contributed by atoms with Crippen molar-refractivity contribution in [2.75, 3.05) is 7.11 Å².